The van der Waals surface area contributed by atoms with Gasteiger partial charge in [0.15, 0.2) is 10.5 Å². The van der Waals surface area contributed by atoms with Crippen molar-refractivity contribution < 1.29 is 9.21 Å². The van der Waals surface area contributed by atoms with Gasteiger partial charge < -0.3 is 4.42 Å². The van der Waals surface area contributed by atoms with Gasteiger partial charge in [0.1, 0.15) is 6.26 Å². The summed E-state index contributed by atoms with van der Waals surface area (Å²) in [7, 11) is 0. The van der Waals surface area contributed by atoms with Crippen molar-refractivity contribution in [3.63, 3.8) is 0 Å². The zero-order valence-electron chi connectivity index (χ0n) is 6.26. The van der Waals surface area contributed by atoms with Gasteiger partial charge in [0.2, 0.25) is 0 Å². The number of furan rings is 1. The predicted octanol–water partition coefficient (Wildman–Crippen LogP) is 3.02. The van der Waals surface area contributed by atoms with E-state index in [2.05, 4.69) is 15.9 Å². The van der Waals surface area contributed by atoms with Gasteiger partial charge in [-0.25, -0.2) is 0 Å². The molecule has 0 aliphatic rings. The third-order valence-electron chi connectivity index (χ3n) is 1.37. The van der Waals surface area contributed by atoms with Crippen LogP contribution in [0.25, 0.3) is 0 Å². The average Bonchev–Trinajstić information content (AvgIpc) is 2.36. The zero-order valence-corrected chi connectivity index (χ0v) is 7.85. The van der Waals surface area contributed by atoms with Crippen LogP contribution in [0.3, 0.4) is 0 Å². The Hall–Kier alpha value is -0.570. The summed E-state index contributed by atoms with van der Waals surface area (Å²) in [5.74, 6) is 0.141. The predicted molar refractivity (Wildman–Crippen MR) is 45.6 cm³/mol. The van der Waals surface area contributed by atoms with Gasteiger partial charge in [0.25, 0.3) is 0 Å². The standard InChI is InChI=1S/C8H9BrO2/c1-2-3-7(10)6-4-8(9)11-5-6/h4-5H,2-3H2,1H3. The molecule has 60 valence electrons. The third kappa shape index (κ3) is 2.19. The molecule has 0 radical (unpaired) electrons. The first-order chi connectivity index (χ1) is 5.24. The highest BCUT2D eigenvalue weighted by atomic mass is 79.9. The highest BCUT2D eigenvalue weighted by Gasteiger charge is 2.06. The maximum Gasteiger partial charge on any atom is 0.169 e. The minimum Gasteiger partial charge on any atom is -0.457 e. The molecule has 1 rings (SSSR count). The molecule has 0 fully saturated rings. The highest BCUT2D eigenvalue weighted by Crippen LogP contribution is 2.15. The van der Waals surface area contributed by atoms with Crippen molar-refractivity contribution in [2.24, 2.45) is 0 Å². The maximum atomic E-state index is 11.2. The molecule has 0 aromatic carbocycles. The first-order valence-electron chi connectivity index (χ1n) is 3.51. The van der Waals surface area contributed by atoms with Crippen LogP contribution in [-0.2, 0) is 0 Å². The molecule has 0 spiro atoms. The molecular weight excluding hydrogens is 208 g/mol. The van der Waals surface area contributed by atoms with Gasteiger partial charge in [-0.1, -0.05) is 6.92 Å². The van der Waals surface area contributed by atoms with Gasteiger partial charge in [-0.2, -0.15) is 0 Å². The number of hydrogen-bond donors (Lipinski definition) is 0. The number of carbonyl (C=O) groups is 1. The molecule has 0 atom stereocenters. The lowest BCUT2D eigenvalue weighted by Gasteiger charge is -1.89. The monoisotopic (exact) mass is 216 g/mol. The Labute approximate surface area is 73.7 Å². The number of ketones is 1. The van der Waals surface area contributed by atoms with E-state index in [1.165, 1.54) is 6.26 Å². The number of Topliss-reactive ketones (excluding diaryl/α,β-unsaturated/α-hetero) is 1. The fourth-order valence-corrected chi connectivity index (χ4v) is 1.17. The van der Waals surface area contributed by atoms with Gasteiger partial charge in [0.05, 0.1) is 5.56 Å². The van der Waals surface area contributed by atoms with Crippen molar-refractivity contribution in [2.45, 2.75) is 19.8 Å². The Morgan fingerprint density at radius 1 is 1.73 bits per heavy atom. The Morgan fingerprint density at radius 3 is 2.91 bits per heavy atom. The van der Waals surface area contributed by atoms with Crippen molar-refractivity contribution in [2.75, 3.05) is 0 Å². The fraction of sp³-hybridized carbons (Fsp3) is 0.375. The summed E-state index contributed by atoms with van der Waals surface area (Å²) in [6.45, 7) is 1.98. The van der Waals surface area contributed by atoms with E-state index in [-0.39, 0.29) is 5.78 Å². The van der Waals surface area contributed by atoms with E-state index < -0.39 is 0 Å². The average molecular weight is 217 g/mol. The first kappa shape index (κ1) is 8.53. The summed E-state index contributed by atoms with van der Waals surface area (Å²) in [5.41, 5.74) is 0.652. The van der Waals surface area contributed by atoms with Crippen molar-refractivity contribution >= 4 is 21.7 Å². The third-order valence-corrected chi connectivity index (χ3v) is 1.78. The summed E-state index contributed by atoms with van der Waals surface area (Å²) in [6, 6.07) is 1.69. The number of halogens is 1. The minimum atomic E-state index is 0.141. The van der Waals surface area contributed by atoms with Crippen LogP contribution in [0, 0.1) is 0 Å². The van der Waals surface area contributed by atoms with Crippen LogP contribution in [0.1, 0.15) is 30.1 Å². The second kappa shape index (κ2) is 3.72. The molecule has 0 N–H and O–H groups in total. The first-order valence-corrected chi connectivity index (χ1v) is 4.30. The highest BCUT2D eigenvalue weighted by molar-refractivity contribution is 9.10. The van der Waals surface area contributed by atoms with Crippen LogP contribution in [-0.4, -0.2) is 5.78 Å². The van der Waals surface area contributed by atoms with Crippen molar-refractivity contribution in [1.29, 1.82) is 0 Å². The minimum absolute atomic E-state index is 0.141. The van der Waals surface area contributed by atoms with Crippen molar-refractivity contribution in [1.82, 2.24) is 0 Å². The van der Waals surface area contributed by atoms with E-state index in [0.29, 0.717) is 16.7 Å². The van der Waals surface area contributed by atoms with E-state index in [1.54, 1.807) is 6.07 Å². The second-order valence-corrected chi connectivity index (χ2v) is 3.09. The molecule has 3 heteroatoms. The summed E-state index contributed by atoms with van der Waals surface area (Å²) >= 11 is 3.13. The lowest BCUT2D eigenvalue weighted by Crippen LogP contribution is -1.94. The molecule has 11 heavy (non-hydrogen) atoms. The Morgan fingerprint density at radius 2 is 2.45 bits per heavy atom. The Bertz CT molecular complexity index is 252. The van der Waals surface area contributed by atoms with Gasteiger partial charge >= 0.3 is 0 Å². The van der Waals surface area contributed by atoms with E-state index in [0.717, 1.165) is 6.42 Å². The van der Waals surface area contributed by atoms with Gasteiger partial charge in [-0.05, 0) is 22.4 Å². The fourth-order valence-electron chi connectivity index (χ4n) is 0.828. The summed E-state index contributed by atoms with van der Waals surface area (Å²) in [4.78, 5) is 11.2. The van der Waals surface area contributed by atoms with Gasteiger partial charge in [-0.3, -0.25) is 4.79 Å². The second-order valence-electron chi connectivity index (χ2n) is 2.31. The maximum absolute atomic E-state index is 11.2. The number of carbonyl (C=O) groups excluding carboxylic acids is 1. The summed E-state index contributed by atoms with van der Waals surface area (Å²) in [5, 5.41) is 0. The topological polar surface area (TPSA) is 30.2 Å². The molecule has 1 aromatic heterocycles. The van der Waals surface area contributed by atoms with Crippen LogP contribution < -0.4 is 0 Å². The lowest BCUT2D eigenvalue weighted by molar-refractivity contribution is 0.0981. The van der Waals surface area contributed by atoms with Crippen molar-refractivity contribution in [3.05, 3.63) is 22.6 Å². The molecule has 0 saturated heterocycles. The van der Waals surface area contributed by atoms with Crippen LogP contribution >= 0.6 is 15.9 Å². The normalized spacial score (nSPS) is 10.0. The lowest BCUT2D eigenvalue weighted by atomic mass is 10.1. The molecular formula is C8H9BrO2. The van der Waals surface area contributed by atoms with E-state index in [4.69, 9.17) is 4.42 Å². The van der Waals surface area contributed by atoms with Crippen LogP contribution in [0.4, 0.5) is 0 Å². The molecule has 1 aromatic rings. The molecule has 0 bridgehead atoms. The van der Waals surface area contributed by atoms with Crippen molar-refractivity contribution in [3.8, 4) is 0 Å². The smallest absolute Gasteiger partial charge is 0.169 e. The van der Waals surface area contributed by atoms with Crippen LogP contribution in [0.2, 0.25) is 0 Å². The molecule has 0 saturated carbocycles. The van der Waals surface area contributed by atoms with Crippen LogP contribution in [0.5, 0.6) is 0 Å². The molecule has 1 heterocycles. The van der Waals surface area contributed by atoms with E-state index >= 15 is 0 Å². The molecule has 0 aliphatic heterocycles. The number of rotatable bonds is 3. The Balaban J connectivity index is 2.69. The summed E-state index contributed by atoms with van der Waals surface area (Å²) in [6.07, 6.45) is 2.94. The van der Waals surface area contributed by atoms with Gasteiger partial charge in [0, 0.05) is 12.5 Å². The largest absolute Gasteiger partial charge is 0.457 e. The van der Waals surface area contributed by atoms with Gasteiger partial charge in [-0.15, -0.1) is 0 Å². The molecule has 2 nitrogen and oxygen atoms in total. The molecule has 0 aliphatic carbocycles. The van der Waals surface area contributed by atoms with Crippen LogP contribution in [0.15, 0.2) is 21.4 Å². The quantitative estimate of drug-likeness (QED) is 0.728. The SMILES string of the molecule is CCCC(=O)c1coc(Br)c1. The Kier molecular flexibility index (Phi) is 2.88. The molecule has 0 unspecified atom stereocenters. The summed E-state index contributed by atoms with van der Waals surface area (Å²) < 4.78 is 5.54. The zero-order chi connectivity index (χ0) is 8.27. The van der Waals surface area contributed by atoms with E-state index in [9.17, 15) is 4.79 Å². The number of hydrogen-bond acceptors (Lipinski definition) is 2. The molecule has 0 amide bonds. The van der Waals surface area contributed by atoms with E-state index in [1.807, 2.05) is 6.92 Å².